The highest BCUT2D eigenvalue weighted by molar-refractivity contribution is 6.32. The molecule has 0 radical (unpaired) electrons. The Hall–Kier alpha value is -2.01. The molecule has 0 aliphatic carbocycles. The van der Waals surface area contributed by atoms with Crippen LogP contribution in [0.25, 0.3) is 0 Å². The van der Waals surface area contributed by atoms with Crippen LogP contribution in [0.4, 0.5) is 5.69 Å². The summed E-state index contributed by atoms with van der Waals surface area (Å²) in [6.07, 6.45) is 1.49. The zero-order valence-corrected chi connectivity index (χ0v) is 12.3. The summed E-state index contributed by atoms with van der Waals surface area (Å²) in [7, 11) is 1.63. The molecule has 0 spiro atoms. The molecule has 0 amide bonds. The van der Waals surface area contributed by atoms with Crippen molar-refractivity contribution in [1.82, 2.24) is 10.2 Å². The van der Waals surface area contributed by atoms with Gasteiger partial charge in [-0.1, -0.05) is 29.3 Å². The third-order valence-corrected chi connectivity index (χ3v) is 3.39. The average molecular weight is 294 g/mol. The Morgan fingerprint density at radius 2 is 2.20 bits per heavy atom. The van der Waals surface area contributed by atoms with Crippen LogP contribution < -0.4 is 15.6 Å². The highest BCUT2D eigenvalue weighted by Gasteiger charge is 2.14. The zero-order chi connectivity index (χ0) is 14.7. The number of anilines is 1. The molecular weight excluding hydrogens is 278 g/mol. The van der Waals surface area contributed by atoms with E-state index < -0.39 is 5.56 Å². The number of hydrogen-bond acceptors (Lipinski definition) is 4. The molecule has 2 N–H and O–H groups in total. The van der Waals surface area contributed by atoms with Gasteiger partial charge in [0.2, 0.25) is 0 Å². The van der Waals surface area contributed by atoms with Crippen LogP contribution in [0.5, 0.6) is 5.75 Å². The van der Waals surface area contributed by atoms with Gasteiger partial charge in [-0.25, -0.2) is 5.10 Å². The minimum absolute atomic E-state index is 0.0778. The van der Waals surface area contributed by atoms with E-state index in [1.165, 1.54) is 6.20 Å². The second-order valence-electron chi connectivity index (χ2n) is 4.54. The number of rotatable bonds is 4. The van der Waals surface area contributed by atoms with E-state index in [1.54, 1.807) is 7.11 Å². The predicted molar refractivity (Wildman–Crippen MR) is 79.6 cm³/mol. The summed E-state index contributed by atoms with van der Waals surface area (Å²) in [5, 5.41) is 9.29. The molecule has 1 aromatic carbocycles. The number of aromatic nitrogens is 2. The normalized spacial score (nSPS) is 12.0. The summed E-state index contributed by atoms with van der Waals surface area (Å²) in [6.45, 7) is 3.98. The number of halogens is 1. The highest BCUT2D eigenvalue weighted by atomic mass is 35.5. The van der Waals surface area contributed by atoms with E-state index in [9.17, 15) is 4.79 Å². The molecular formula is C14H16ClN3O2. The third kappa shape index (κ3) is 2.93. The van der Waals surface area contributed by atoms with Crippen LogP contribution in [0.15, 0.2) is 29.2 Å². The number of benzene rings is 1. The third-order valence-electron chi connectivity index (χ3n) is 3.02. The molecule has 106 valence electrons. The maximum Gasteiger partial charge on any atom is 0.285 e. The lowest BCUT2D eigenvalue weighted by molar-refractivity contribution is 0.408. The van der Waals surface area contributed by atoms with Crippen LogP contribution in [0.3, 0.4) is 0 Å². The van der Waals surface area contributed by atoms with E-state index in [-0.39, 0.29) is 11.1 Å². The lowest BCUT2D eigenvalue weighted by atomic mass is 10.0. The molecule has 0 bridgehead atoms. The summed E-state index contributed by atoms with van der Waals surface area (Å²) in [4.78, 5) is 11.4. The molecule has 1 heterocycles. The van der Waals surface area contributed by atoms with Gasteiger partial charge in [0.15, 0.2) is 0 Å². The molecule has 1 aromatic heterocycles. The van der Waals surface area contributed by atoms with Gasteiger partial charge in [0, 0.05) is 5.56 Å². The van der Waals surface area contributed by atoms with Gasteiger partial charge in [0.05, 0.1) is 25.0 Å². The number of ether oxygens (including phenoxy) is 1. The number of aromatic amines is 1. The van der Waals surface area contributed by atoms with Crippen molar-refractivity contribution >= 4 is 17.3 Å². The van der Waals surface area contributed by atoms with Crippen molar-refractivity contribution < 1.29 is 4.74 Å². The zero-order valence-electron chi connectivity index (χ0n) is 11.5. The van der Waals surface area contributed by atoms with Gasteiger partial charge in [0.25, 0.3) is 5.56 Å². The molecule has 0 saturated carbocycles. The van der Waals surface area contributed by atoms with Crippen LogP contribution in [0.2, 0.25) is 5.02 Å². The predicted octanol–water partition coefficient (Wildman–Crippen LogP) is 2.91. The van der Waals surface area contributed by atoms with E-state index in [0.29, 0.717) is 5.69 Å². The maximum atomic E-state index is 11.4. The first kappa shape index (κ1) is 14.4. The van der Waals surface area contributed by atoms with Crippen LogP contribution in [-0.2, 0) is 0 Å². The van der Waals surface area contributed by atoms with Crippen LogP contribution in [0, 0.1) is 6.92 Å². The number of H-pyrrole nitrogens is 1. The van der Waals surface area contributed by atoms with Crippen molar-refractivity contribution in [3.8, 4) is 5.75 Å². The van der Waals surface area contributed by atoms with Crippen LogP contribution in [0.1, 0.15) is 24.1 Å². The Kier molecular flexibility index (Phi) is 4.29. The Labute approximate surface area is 121 Å². The highest BCUT2D eigenvalue weighted by Crippen LogP contribution is 2.29. The molecule has 0 saturated heterocycles. The first-order valence-corrected chi connectivity index (χ1v) is 6.55. The molecule has 2 rings (SSSR count). The fraction of sp³-hybridized carbons (Fsp3) is 0.286. The van der Waals surface area contributed by atoms with Crippen molar-refractivity contribution in [3.05, 3.63) is 50.9 Å². The standard InChI is InChI=1S/C14H16ClN3O2/c1-8-4-5-12(20-3)10(6-8)9(2)17-11-7-16-18-14(19)13(11)15/h4-7,9H,1-3H3,(H2,17,18,19). The fourth-order valence-corrected chi connectivity index (χ4v) is 2.13. The Balaban J connectivity index is 2.32. The van der Waals surface area contributed by atoms with Gasteiger partial charge in [0.1, 0.15) is 10.8 Å². The maximum absolute atomic E-state index is 11.4. The molecule has 20 heavy (non-hydrogen) atoms. The van der Waals surface area contributed by atoms with Gasteiger partial charge in [-0.2, -0.15) is 5.10 Å². The summed E-state index contributed by atoms with van der Waals surface area (Å²) in [6, 6.07) is 5.86. The van der Waals surface area contributed by atoms with E-state index in [2.05, 4.69) is 15.5 Å². The van der Waals surface area contributed by atoms with Gasteiger partial charge in [-0.05, 0) is 19.9 Å². The van der Waals surface area contributed by atoms with Crippen LogP contribution in [-0.4, -0.2) is 17.3 Å². The van der Waals surface area contributed by atoms with E-state index in [1.807, 2.05) is 32.0 Å². The number of hydrogen-bond donors (Lipinski definition) is 2. The second-order valence-corrected chi connectivity index (χ2v) is 4.92. The molecule has 1 unspecified atom stereocenters. The molecule has 1 atom stereocenters. The van der Waals surface area contributed by atoms with Gasteiger partial charge >= 0.3 is 0 Å². The molecule has 0 fully saturated rings. The Bertz CT molecular complexity index is 670. The van der Waals surface area contributed by atoms with Crippen molar-refractivity contribution in [3.63, 3.8) is 0 Å². The molecule has 6 heteroatoms. The topological polar surface area (TPSA) is 67.0 Å². The number of aryl methyl sites for hydroxylation is 1. The van der Waals surface area contributed by atoms with E-state index >= 15 is 0 Å². The number of nitrogens with zero attached hydrogens (tertiary/aromatic N) is 1. The summed E-state index contributed by atoms with van der Waals surface area (Å²) in [5.74, 6) is 0.782. The minimum atomic E-state index is -0.417. The van der Waals surface area contributed by atoms with Crippen molar-refractivity contribution in [2.45, 2.75) is 19.9 Å². The smallest absolute Gasteiger partial charge is 0.285 e. The largest absolute Gasteiger partial charge is 0.496 e. The molecule has 2 aromatic rings. The minimum Gasteiger partial charge on any atom is -0.496 e. The average Bonchev–Trinajstić information content (AvgIpc) is 2.43. The Morgan fingerprint density at radius 1 is 1.45 bits per heavy atom. The Morgan fingerprint density at radius 3 is 2.90 bits per heavy atom. The first-order valence-electron chi connectivity index (χ1n) is 6.17. The van der Waals surface area contributed by atoms with Crippen molar-refractivity contribution in [2.24, 2.45) is 0 Å². The van der Waals surface area contributed by atoms with E-state index in [4.69, 9.17) is 16.3 Å². The molecule has 0 aliphatic rings. The lowest BCUT2D eigenvalue weighted by Crippen LogP contribution is -2.14. The van der Waals surface area contributed by atoms with E-state index in [0.717, 1.165) is 16.9 Å². The number of methoxy groups -OCH3 is 1. The number of nitrogens with one attached hydrogen (secondary N) is 2. The summed E-state index contributed by atoms with van der Waals surface area (Å²) < 4.78 is 5.36. The van der Waals surface area contributed by atoms with Gasteiger partial charge in [-0.3, -0.25) is 4.79 Å². The van der Waals surface area contributed by atoms with Gasteiger partial charge < -0.3 is 10.1 Å². The summed E-state index contributed by atoms with van der Waals surface area (Å²) >= 11 is 5.95. The summed E-state index contributed by atoms with van der Waals surface area (Å²) in [5.41, 5.74) is 2.19. The lowest BCUT2D eigenvalue weighted by Gasteiger charge is -2.19. The molecule has 0 aliphatic heterocycles. The molecule has 5 nitrogen and oxygen atoms in total. The van der Waals surface area contributed by atoms with Crippen molar-refractivity contribution in [1.29, 1.82) is 0 Å². The first-order chi connectivity index (χ1) is 9.52. The second kappa shape index (κ2) is 5.96. The fourth-order valence-electron chi connectivity index (χ4n) is 1.99. The quantitative estimate of drug-likeness (QED) is 0.909. The monoisotopic (exact) mass is 293 g/mol. The van der Waals surface area contributed by atoms with Gasteiger partial charge in [-0.15, -0.1) is 0 Å². The van der Waals surface area contributed by atoms with Crippen molar-refractivity contribution in [2.75, 3.05) is 12.4 Å². The SMILES string of the molecule is COc1ccc(C)cc1C(C)Nc1cn[nH]c(=O)c1Cl. The van der Waals surface area contributed by atoms with Crippen LogP contribution >= 0.6 is 11.6 Å².